The highest BCUT2D eigenvalue weighted by atomic mass is 19.4. The normalized spacial score (nSPS) is 19.5. The van der Waals surface area contributed by atoms with Gasteiger partial charge in [-0.3, -0.25) is 14.7 Å². The maximum atomic E-state index is 12.3. The van der Waals surface area contributed by atoms with E-state index in [1.165, 1.54) is 0 Å². The Balaban J connectivity index is 1.89. The van der Waals surface area contributed by atoms with E-state index in [4.69, 9.17) is 0 Å². The summed E-state index contributed by atoms with van der Waals surface area (Å²) in [4.78, 5) is 24.5. The largest absolute Gasteiger partial charge is 0.432 e. The number of alkyl halides is 3. The molecule has 2 heterocycles. The molecule has 2 N–H and O–H groups in total. The number of nitrogens with zero attached hydrogens (tertiary/aromatic N) is 2. The molecular weight excluding hydrogens is 277 g/mol. The second-order valence-electron chi connectivity index (χ2n) is 4.72. The van der Waals surface area contributed by atoms with Crippen molar-refractivity contribution in [3.8, 4) is 0 Å². The SMILES string of the molecule is CN1C[C@@H](CNC(=O)c2cc(C(F)(F)F)[nH]n2)CC1=O. The molecule has 1 aromatic heterocycles. The van der Waals surface area contributed by atoms with E-state index in [0.717, 1.165) is 0 Å². The molecule has 2 amide bonds. The summed E-state index contributed by atoms with van der Waals surface area (Å²) in [7, 11) is 1.66. The number of carbonyl (C=O) groups is 2. The van der Waals surface area contributed by atoms with E-state index in [1.807, 2.05) is 0 Å². The predicted octanol–water partition coefficient (Wildman–Crippen LogP) is 0.637. The highest BCUT2D eigenvalue weighted by Crippen LogP contribution is 2.27. The Morgan fingerprint density at radius 1 is 1.60 bits per heavy atom. The van der Waals surface area contributed by atoms with Gasteiger partial charge in [-0.15, -0.1) is 0 Å². The summed E-state index contributed by atoms with van der Waals surface area (Å²) in [6, 6.07) is 0.654. The van der Waals surface area contributed by atoms with Crippen LogP contribution >= 0.6 is 0 Å². The van der Waals surface area contributed by atoms with Crippen LogP contribution in [0.3, 0.4) is 0 Å². The van der Waals surface area contributed by atoms with E-state index in [9.17, 15) is 22.8 Å². The van der Waals surface area contributed by atoms with Crippen LogP contribution in [-0.2, 0) is 11.0 Å². The van der Waals surface area contributed by atoms with Gasteiger partial charge in [0.25, 0.3) is 5.91 Å². The topological polar surface area (TPSA) is 78.1 Å². The van der Waals surface area contributed by atoms with E-state index < -0.39 is 17.8 Å². The summed E-state index contributed by atoms with van der Waals surface area (Å²) in [6.45, 7) is 0.747. The summed E-state index contributed by atoms with van der Waals surface area (Å²) >= 11 is 0. The van der Waals surface area contributed by atoms with Gasteiger partial charge in [0, 0.05) is 38.5 Å². The van der Waals surface area contributed by atoms with Crippen LogP contribution in [0.2, 0.25) is 0 Å². The van der Waals surface area contributed by atoms with E-state index in [0.29, 0.717) is 19.0 Å². The minimum absolute atomic E-state index is 0.0108. The first-order valence-electron chi connectivity index (χ1n) is 5.92. The number of aromatic nitrogens is 2. The molecule has 110 valence electrons. The molecule has 1 saturated heterocycles. The zero-order valence-electron chi connectivity index (χ0n) is 10.6. The van der Waals surface area contributed by atoms with Crippen molar-refractivity contribution in [1.82, 2.24) is 20.4 Å². The average Bonchev–Trinajstić information content (AvgIpc) is 2.94. The Bertz CT molecular complexity index is 526. The quantitative estimate of drug-likeness (QED) is 0.857. The summed E-state index contributed by atoms with van der Waals surface area (Å²) in [5.74, 6) is -0.736. The zero-order chi connectivity index (χ0) is 14.9. The first kappa shape index (κ1) is 14.4. The van der Waals surface area contributed by atoms with Crippen molar-refractivity contribution in [3.05, 3.63) is 17.5 Å². The molecule has 1 fully saturated rings. The van der Waals surface area contributed by atoms with E-state index in [2.05, 4.69) is 10.4 Å². The van der Waals surface area contributed by atoms with Crippen molar-refractivity contribution < 1.29 is 22.8 Å². The van der Waals surface area contributed by atoms with Crippen LogP contribution < -0.4 is 5.32 Å². The van der Waals surface area contributed by atoms with Gasteiger partial charge in [0.05, 0.1) is 0 Å². The average molecular weight is 290 g/mol. The third-order valence-corrected chi connectivity index (χ3v) is 3.09. The lowest BCUT2D eigenvalue weighted by Gasteiger charge is -2.10. The maximum absolute atomic E-state index is 12.3. The van der Waals surface area contributed by atoms with E-state index in [-0.39, 0.29) is 24.1 Å². The number of aromatic amines is 1. The van der Waals surface area contributed by atoms with Gasteiger partial charge in [-0.25, -0.2) is 0 Å². The van der Waals surface area contributed by atoms with Gasteiger partial charge in [-0.2, -0.15) is 18.3 Å². The summed E-state index contributed by atoms with van der Waals surface area (Å²) in [5, 5.41) is 7.57. The molecule has 1 aliphatic rings. The smallest absolute Gasteiger partial charge is 0.350 e. The number of likely N-dealkylation sites (tertiary alicyclic amines) is 1. The van der Waals surface area contributed by atoms with Gasteiger partial charge < -0.3 is 10.2 Å². The van der Waals surface area contributed by atoms with Crippen LogP contribution in [0.5, 0.6) is 0 Å². The molecular formula is C11H13F3N4O2. The number of carbonyl (C=O) groups excluding carboxylic acids is 2. The summed E-state index contributed by atoms with van der Waals surface area (Å²) in [5.41, 5.74) is -1.39. The molecule has 0 spiro atoms. The molecule has 1 aliphatic heterocycles. The lowest BCUT2D eigenvalue weighted by Crippen LogP contribution is -2.30. The van der Waals surface area contributed by atoms with E-state index in [1.54, 1.807) is 17.0 Å². The van der Waals surface area contributed by atoms with Crippen LogP contribution in [0.15, 0.2) is 6.07 Å². The van der Waals surface area contributed by atoms with Crippen molar-refractivity contribution >= 4 is 11.8 Å². The highest BCUT2D eigenvalue weighted by Gasteiger charge is 2.34. The molecule has 1 atom stereocenters. The standard InChI is InChI=1S/C11H13F3N4O2/c1-18-5-6(2-9(18)19)4-15-10(20)7-3-8(17-16-7)11(12,13)14/h3,6H,2,4-5H2,1H3,(H,15,20)(H,16,17)/t6-/m1/s1. The number of halogens is 3. The molecule has 20 heavy (non-hydrogen) atoms. The van der Waals surface area contributed by atoms with Crippen molar-refractivity contribution in [1.29, 1.82) is 0 Å². The summed E-state index contributed by atoms with van der Waals surface area (Å²) < 4.78 is 37.0. The van der Waals surface area contributed by atoms with Crippen LogP contribution in [0.1, 0.15) is 22.6 Å². The van der Waals surface area contributed by atoms with Gasteiger partial charge in [0.2, 0.25) is 5.91 Å². The Labute approximate surface area is 112 Å². The molecule has 0 radical (unpaired) electrons. The monoisotopic (exact) mass is 290 g/mol. The lowest BCUT2D eigenvalue weighted by molar-refractivity contribution is -0.141. The highest BCUT2D eigenvalue weighted by molar-refractivity contribution is 5.92. The van der Waals surface area contributed by atoms with Crippen LogP contribution in [0.4, 0.5) is 13.2 Å². The molecule has 9 heteroatoms. The molecule has 2 rings (SSSR count). The Morgan fingerprint density at radius 3 is 2.80 bits per heavy atom. The van der Waals surface area contributed by atoms with Gasteiger partial charge in [-0.1, -0.05) is 0 Å². The number of hydrogen-bond donors (Lipinski definition) is 2. The fourth-order valence-corrected chi connectivity index (χ4v) is 2.00. The molecule has 6 nitrogen and oxygen atoms in total. The molecule has 0 aliphatic carbocycles. The molecule has 1 aromatic rings. The third kappa shape index (κ3) is 3.09. The number of H-pyrrole nitrogens is 1. The third-order valence-electron chi connectivity index (χ3n) is 3.09. The number of amides is 2. The zero-order valence-corrected chi connectivity index (χ0v) is 10.6. The van der Waals surface area contributed by atoms with Gasteiger partial charge in [0.15, 0.2) is 5.69 Å². The first-order chi connectivity index (χ1) is 9.27. The molecule has 0 unspecified atom stereocenters. The lowest BCUT2D eigenvalue weighted by atomic mass is 10.1. The van der Waals surface area contributed by atoms with Crippen molar-refractivity contribution in [3.63, 3.8) is 0 Å². The van der Waals surface area contributed by atoms with Crippen molar-refractivity contribution in [2.45, 2.75) is 12.6 Å². The van der Waals surface area contributed by atoms with Gasteiger partial charge >= 0.3 is 6.18 Å². The molecule has 0 saturated carbocycles. The molecule has 0 bridgehead atoms. The second kappa shape index (κ2) is 5.14. The van der Waals surface area contributed by atoms with Crippen LogP contribution in [0.25, 0.3) is 0 Å². The van der Waals surface area contributed by atoms with Crippen LogP contribution in [0, 0.1) is 5.92 Å². The van der Waals surface area contributed by atoms with E-state index >= 15 is 0 Å². The second-order valence-corrected chi connectivity index (χ2v) is 4.72. The molecule has 0 aromatic carbocycles. The minimum Gasteiger partial charge on any atom is -0.350 e. The first-order valence-corrected chi connectivity index (χ1v) is 5.92. The number of rotatable bonds is 3. The fraction of sp³-hybridized carbons (Fsp3) is 0.545. The maximum Gasteiger partial charge on any atom is 0.432 e. The van der Waals surface area contributed by atoms with Gasteiger partial charge in [0.1, 0.15) is 5.69 Å². The minimum atomic E-state index is -4.56. The van der Waals surface area contributed by atoms with Gasteiger partial charge in [-0.05, 0) is 0 Å². The Morgan fingerprint density at radius 2 is 2.30 bits per heavy atom. The van der Waals surface area contributed by atoms with Crippen molar-refractivity contribution in [2.75, 3.05) is 20.1 Å². The summed E-state index contributed by atoms with van der Waals surface area (Å²) in [6.07, 6.45) is -4.24. The predicted molar refractivity (Wildman–Crippen MR) is 61.7 cm³/mol. The number of nitrogens with one attached hydrogen (secondary N) is 2. The fourth-order valence-electron chi connectivity index (χ4n) is 2.00. The Hall–Kier alpha value is -2.06. The number of hydrogen-bond acceptors (Lipinski definition) is 3. The van der Waals surface area contributed by atoms with Crippen molar-refractivity contribution in [2.24, 2.45) is 5.92 Å². The Kier molecular flexibility index (Phi) is 3.69. The van der Waals surface area contributed by atoms with Crippen LogP contribution in [-0.4, -0.2) is 47.0 Å².